The van der Waals surface area contributed by atoms with E-state index in [2.05, 4.69) is 4.98 Å². The fourth-order valence-corrected chi connectivity index (χ4v) is 2.52. The number of phenols is 1. The van der Waals surface area contributed by atoms with Gasteiger partial charge >= 0.3 is 0 Å². The largest absolute Gasteiger partial charge is 0.507 e. The molecule has 0 atom stereocenters. The molecule has 3 nitrogen and oxygen atoms in total. The Balaban J connectivity index is 1.94. The number of benzene rings is 2. The van der Waals surface area contributed by atoms with Crippen LogP contribution < -0.4 is 5.73 Å². The highest BCUT2D eigenvalue weighted by molar-refractivity contribution is 5.83. The quantitative estimate of drug-likeness (QED) is 0.691. The normalized spacial score (nSPS) is 11.4. The van der Waals surface area contributed by atoms with Gasteiger partial charge in [-0.05, 0) is 73.0 Å². The van der Waals surface area contributed by atoms with E-state index in [1.165, 1.54) is 0 Å². The monoisotopic (exact) mass is 290 g/mol. The molecule has 3 N–H and O–H groups in total. The highest BCUT2D eigenvalue weighted by Gasteiger charge is 2.02. The molecule has 0 radical (unpaired) electrons. The number of rotatable bonds is 2. The molecule has 3 aromatic rings. The third kappa shape index (κ3) is 2.79. The van der Waals surface area contributed by atoms with E-state index < -0.39 is 0 Å². The summed E-state index contributed by atoms with van der Waals surface area (Å²) in [5, 5.41) is 10.8. The Morgan fingerprint density at radius 3 is 2.41 bits per heavy atom. The van der Waals surface area contributed by atoms with E-state index in [1.54, 1.807) is 0 Å². The Morgan fingerprint density at radius 2 is 1.68 bits per heavy atom. The molecule has 1 heterocycles. The molecule has 0 aliphatic carbocycles. The molecule has 110 valence electrons. The van der Waals surface area contributed by atoms with Crippen LogP contribution >= 0.6 is 0 Å². The molecule has 1 aromatic heterocycles. The first kappa shape index (κ1) is 14.1. The second-order valence-corrected chi connectivity index (χ2v) is 5.52. The topological polar surface area (TPSA) is 59.1 Å². The van der Waals surface area contributed by atoms with Crippen molar-refractivity contribution in [1.29, 1.82) is 0 Å². The van der Waals surface area contributed by atoms with Crippen LogP contribution in [-0.4, -0.2) is 10.1 Å². The van der Waals surface area contributed by atoms with Crippen molar-refractivity contribution in [2.75, 3.05) is 5.73 Å². The number of nitrogens with zero attached hydrogens (tertiary/aromatic N) is 1. The predicted octanol–water partition coefficient (Wildman–Crippen LogP) is 4.31. The number of fused-ring (bicyclic) bond motifs is 1. The summed E-state index contributed by atoms with van der Waals surface area (Å²) in [6.07, 6.45) is 3.98. The minimum atomic E-state index is 0.360. The summed E-state index contributed by atoms with van der Waals surface area (Å²) in [6.45, 7) is 3.80. The van der Waals surface area contributed by atoms with Crippen LogP contribution in [0.1, 0.15) is 22.4 Å². The van der Waals surface area contributed by atoms with E-state index in [1.807, 2.05) is 68.5 Å². The average Bonchev–Trinajstić information content (AvgIpc) is 2.50. The minimum Gasteiger partial charge on any atom is -0.507 e. The lowest BCUT2D eigenvalue weighted by atomic mass is 10.1. The summed E-state index contributed by atoms with van der Waals surface area (Å²) in [6, 6.07) is 13.6. The molecule has 0 spiro atoms. The van der Waals surface area contributed by atoms with E-state index in [0.29, 0.717) is 5.75 Å². The summed E-state index contributed by atoms with van der Waals surface area (Å²) in [7, 11) is 0. The second kappa shape index (κ2) is 5.53. The van der Waals surface area contributed by atoms with Gasteiger partial charge in [-0.3, -0.25) is 0 Å². The zero-order chi connectivity index (χ0) is 15.7. The molecule has 2 aromatic carbocycles. The Bertz CT molecular complexity index is 859. The number of hydrogen-bond donors (Lipinski definition) is 2. The van der Waals surface area contributed by atoms with E-state index in [9.17, 15) is 5.11 Å². The standard InChI is InChI=1S/C19H18N2O/c1-12-9-14(10-13(2)19(12)22)3-6-17-7-4-15-11-16(20)5-8-18(15)21-17/h3-11,22H,20H2,1-2H3/b6-3+. The first-order valence-electron chi connectivity index (χ1n) is 7.17. The number of phenolic OH excluding ortho intramolecular Hbond substituents is 1. The number of aromatic nitrogens is 1. The van der Waals surface area contributed by atoms with Crippen LogP contribution in [0.3, 0.4) is 0 Å². The fraction of sp³-hybridized carbons (Fsp3) is 0.105. The van der Waals surface area contributed by atoms with Crippen molar-refractivity contribution in [1.82, 2.24) is 4.98 Å². The number of anilines is 1. The highest BCUT2D eigenvalue weighted by Crippen LogP contribution is 2.24. The van der Waals surface area contributed by atoms with Gasteiger partial charge in [-0.2, -0.15) is 0 Å². The maximum atomic E-state index is 9.81. The molecule has 0 saturated carbocycles. The van der Waals surface area contributed by atoms with Crippen molar-refractivity contribution in [3.63, 3.8) is 0 Å². The number of pyridine rings is 1. The van der Waals surface area contributed by atoms with E-state index in [4.69, 9.17) is 5.73 Å². The lowest BCUT2D eigenvalue weighted by Gasteiger charge is -2.05. The molecule has 0 amide bonds. The van der Waals surface area contributed by atoms with Crippen molar-refractivity contribution < 1.29 is 5.11 Å². The summed E-state index contributed by atoms with van der Waals surface area (Å²) in [5.74, 6) is 0.360. The van der Waals surface area contributed by atoms with Crippen molar-refractivity contribution >= 4 is 28.7 Å². The average molecular weight is 290 g/mol. The van der Waals surface area contributed by atoms with Crippen LogP contribution in [0, 0.1) is 13.8 Å². The SMILES string of the molecule is Cc1cc(/C=C/c2ccc3cc(N)ccc3n2)cc(C)c1O. The van der Waals surface area contributed by atoms with E-state index >= 15 is 0 Å². The Morgan fingerprint density at radius 1 is 0.955 bits per heavy atom. The van der Waals surface area contributed by atoms with Gasteiger partial charge in [0, 0.05) is 11.1 Å². The smallest absolute Gasteiger partial charge is 0.121 e. The van der Waals surface area contributed by atoms with E-state index in [-0.39, 0.29) is 0 Å². The van der Waals surface area contributed by atoms with Gasteiger partial charge in [0.2, 0.25) is 0 Å². The molecule has 22 heavy (non-hydrogen) atoms. The number of aromatic hydroxyl groups is 1. The minimum absolute atomic E-state index is 0.360. The van der Waals surface area contributed by atoms with Gasteiger partial charge in [-0.25, -0.2) is 4.98 Å². The number of nitrogen functional groups attached to an aromatic ring is 1. The first-order chi connectivity index (χ1) is 10.5. The van der Waals surface area contributed by atoms with Crippen LogP contribution in [0.5, 0.6) is 5.75 Å². The number of nitrogens with two attached hydrogens (primary N) is 1. The third-order valence-corrected chi connectivity index (χ3v) is 3.69. The molecule has 3 heteroatoms. The predicted molar refractivity (Wildman–Crippen MR) is 92.7 cm³/mol. The lowest BCUT2D eigenvalue weighted by Crippen LogP contribution is -1.87. The Kier molecular flexibility index (Phi) is 3.55. The Labute approximate surface area is 129 Å². The third-order valence-electron chi connectivity index (χ3n) is 3.69. The number of hydrogen-bond acceptors (Lipinski definition) is 3. The second-order valence-electron chi connectivity index (χ2n) is 5.52. The highest BCUT2D eigenvalue weighted by atomic mass is 16.3. The fourth-order valence-electron chi connectivity index (χ4n) is 2.52. The summed E-state index contributed by atoms with van der Waals surface area (Å²) in [4.78, 5) is 4.60. The van der Waals surface area contributed by atoms with E-state index in [0.717, 1.165) is 39.0 Å². The van der Waals surface area contributed by atoms with Gasteiger partial charge in [0.25, 0.3) is 0 Å². The van der Waals surface area contributed by atoms with Gasteiger partial charge in [-0.1, -0.05) is 12.1 Å². The summed E-state index contributed by atoms with van der Waals surface area (Å²) in [5.41, 5.74) is 11.1. The lowest BCUT2D eigenvalue weighted by molar-refractivity contribution is 0.467. The van der Waals surface area contributed by atoms with Crippen molar-refractivity contribution in [3.05, 3.63) is 64.8 Å². The maximum absolute atomic E-state index is 9.81. The molecule has 0 fully saturated rings. The van der Waals surface area contributed by atoms with Crippen LogP contribution in [-0.2, 0) is 0 Å². The maximum Gasteiger partial charge on any atom is 0.121 e. The van der Waals surface area contributed by atoms with Crippen molar-refractivity contribution in [2.45, 2.75) is 13.8 Å². The van der Waals surface area contributed by atoms with Crippen LogP contribution in [0.15, 0.2) is 42.5 Å². The van der Waals surface area contributed by atoms with Crippen LogP contribution in [0.2, 0.25) is 0 Å². The van der Waals surface area contributed by atoms with Crippen molar-refractivity contribution in [3.8, 4) is 5.75 Å². The zero-order valence-corrected chi connectivity index (χ0v) is 12.7. The molecule has 0 unspecified atom stereocenters. The molecule has 0 saturated heterocycles. The zero-order valence-electron chi connectivity index (χ0n) is 12.7. The van der Waals surface area contributed by atoms with Gasteiger partial charge in [0.1, 0.15) is 5.75 Å². The molecule has 0 bridgehead atoms. The van der Waals surface area contributed by atoms with Gasteiger partial charge < -0.3 is 10.8 Å². The molecular formula is C19H18N2O. The van der Waals surface area contributed by atoms with Crippen LogP contribution in [0.4, 0.5) is 5.69 Å². The summed E-state index contributed by atoms with van der Waals surface area (Å²) < 4.78 is 0. The number of aryl methyl sites for hydroxylation is 2. The van der Waals surface area contributed by atoms with Gasteiger partial charge in [-0.15, -0.1) is 0 Å². The summed E-state index contributed by atoms with van der Waals surface area (Å²) >= 11 is 0. The first-order valence-corrected chi connectivity index (χ1v) is 7.17. The molecular weight excluding hydrogens is 272 g/mol. The van der Waals surface area contributed by atoms with Gasteiger partial charge in [0.15, 0.2) is 0 Å². The van der Waals surface area contributed by atoms with Crippen molar-refractivity contribution in [2.24, 2.45) is 0 Å². The molecule has 3 rings (SSSR count). The molecule has 0 aliphatic heterocycles. The van der Waals surface area contributed by atoms with Gasteiger partial charge in [0.05, 0.1) is 11.2 Å². The van der Waals surface area contributed by atoms with Crippen LogP contribution in [0.25, 0.3) is 23.1 Å². The Hall–Kier alpha value is -2.81. The molecule has 0 aliphatic rings.